The number of carbonyl (C=O) groups excluding carboxylic acids is 2. The molecule has 9 heteroatoms. The average Bonchev–Trinajstić information content (AvgIpc) is 3.04. The van der Waals surface area contributed by atoms with Crippen molar-refractivity contribution in [3.63, 3.8) is 0 Å². The number of likely N-dealkylation sites (N-methyl/N-ethyl adjacent to an activating group) is 1. The number of nitrogens with zero attached hydrogens (tertiary/aromatic N) is 2. The monoisotopic (exact) mass is 617 g/mol. The van der Waals surface area contributed by atoms with Crippen LogP contribution in [-0.2, 0) is 15.7 Å². The summed E-state index contributed by atoms with van der Waals surface area (Å²) >= 11 is 0. The van der Waals surface area contributed by atoms with Crippen LogP contribution in [0.2, 0.25) is 0 Å². The van der Waals surface area contributed by atoms with Crippen molar-refractivity contribution in [1.82, 2.24) is 4.90 Å². The van der Waals surface area contributed by atoms with E-state index < -0.39 is 17.8 Å². The van der Waals surface area contributed by atoms with Gasteiger partial charge >= 0.3 is 12.1 Å². The second-order valence-corrected chi connectivity index (χ2v) is 10.9. The molecule has 0 spiro atoms. The summed E-state index contributed by atoms with van der Waals surface area (Å²) in [4.78, 5) is 30.2. The average molecular weight is 618 g/mol. The number of alkyl halides is 3. The van der Waals surface area contributed by atoms with E-state index in [4.69, 9.17) is 4.74 Å². The van der Waals surface area contributed by atoms with Crippen molar-refractivity contribution in [3.05, 3.63) is 120 Å². The minimum atomic E-state index is -4.43. The molecule has 0 saturated heterocycles. The Labute approximate surface area is 262 Å². The topological polar surface area (TPSA) is 61.9 Å². The van der Waals surface area contributed by atoms with Gasteiger partial charge in [0.1, 0.15) is 6.04 Å². The van der Waals surface area contributed by atoms with Crippen molar-refractivity contribution in [2.45, 2.75) is 32.0 Å². The van der Waals surface area contributed by atoms with Crippen LogP contribution in [0.5, 0.6) is 0 Å². The molecule has 0 aliphatic heterocycles. The van der Waals surface area contributed by atoms with Crippen molar-refractivity contribution in [2.75, 3.05) is 44.0 Å². The van der Waals surface area contributed by atoms with Crippen molar-refractivity contribution in [2.24, 2.45) is 0 Å². The van der Waals surface area contributed by atoms with E-state index in [0.717, 1.165) is 42.8 Å². The van der Waals surface area contributed by atoms with Crippen LogP contribution in [0.25, 0.3) is 11.1 Å². The van der Waals surface area contributed by atoms with Gasteiger partial charge in [0.05, 0.1) is 12.2 Å². The van der Waals surface area contributed by atoms with Crippen molar-refractivity contribution in [1.29, 1.82) is 0 Å². The highest BCUT2D eigenvalue weighted by Gasteiger charge is 2.30. The van der Waals surface area contributed by atoms with Crippen LogP contribution < -0.4 is 10.2 Å². The highest BCUT2D eigenvalue weighted by Crippen LogP contribution is 2.32. The van der Waals surface area contributed by atoms with Crippen LogP contribution >= 0.6 is 0 Å². The van der Waals surface area contributed by atoms with Crippen LogP contribution in [0.4, 0.5) is 24.5 Å². The molecule has 1 atom stereocenters. The quantitative estimate of drug-likeness (QED) is 0.154. The number of halogens is 3. The summed E-state index contributed by atoms with van der Waals surface area (Å²) < 4.78 is 44.5. The minimum Gasteiger partial charge on any atom is -0.464 e. The SMILES string of the molecule is CCCOC(=O)C(c1ccccc1)N(C)CCCN(C)c1ccc(NC(=O)c2ccccc2-c2ccc(C(F)(F)F)cc2)cc1. The fourth-order valence-corrected chi connectivity index (χ4v) is 5.07. The molecule has 1 unspecified atom stereocenters. The van der Waals surface area contributed by atoms with Gasteiger partial charge < -0.3 is 15.0 Å². The lowest BCUT2D eigenvalue weighted by Crippen LogP contribution is -2.34. The lowest BCUT2D eigenvalue weighted by Gasteiger charge is -2.28. The van der Waals surface area contributed by atoms with Gasteiger partial charge in [0, 0.05) is 37.1 Å². The van der Waals surface area contributed by atoms with E-state index in [1.165, 1.54) is 12.1 Å². The van der Waals surface area contributed by atoms with Crippen LogP contribution in [0, 0.1) is 0 Å². The van der Waals surface area contributed by atoms with Gasteiger partial charge in [0.15, 0.2) is 0 Å². The first-order valence-electron chi connectivity index (χ1n) is 14.9. The van der Waals surface area contributed by atoms with Crippen molar-refractivity contribution < 1.29 is 27.5 Å². The smallest absolute Gasteiger partial charge is 0.416 e. The number of esters is 1. The second kappa shape index (κ2) is 15.4. The number of carbonyl (C=O) groups is 2. The zero-order valence-electron chi connectivity index (χ0n) is 25.7. The normalized spacial score (nSPS) is 12.1. The number of nitrogens with one attached hydrogen (secondary N) is 1. The third-order valence-electron chi connectivity index (χ3n) is 7.49. The largest absolute Gasteiger partial charge is 0.464 e. The fraction of sp³-hybridized carbons (Fsp3) is 0.278. The lowest BCUT2D eigenvalue weighted by atomic mass is 9.98. The molecule has 1 N–H and O–H groups in total. The summed E-state index contributed by atoms with van der Waals surface area (Å²) in [6.45, 7) is 3.78. The predicted molar refractivity (Wildman–Crippen MR) is 172 cm³/mol. The first-order valence-corrected chi connectivity index (χ1v) is 14.9. The van der Waals surface area contributed by atoms with E-state index in [2.05, 4.69) is 10.2 Å². The van der Waals surface area contributed by atoms with E-state index >= 15 is 0 Å². The summed E-state index contributed by atoms with van der Waals surface area (Å²) in [6, 6.07) is 28.2. The maximum atomic E-state index is 13.2. The molecule has 0 fully saturated rings. The van der Waals surface area contributed by atoms with E-state index in [9.17, 15) is 22.8 Å². The molecule has 4 aromatic carbocycles. The Kier molecular flexibility index (Phi) is 11.4. The zero-order valence-corrected chi connectivity index (χ0v) is 25.7. The summed E-state index contributed by atoms with van der Waals surface area (Å²) in [7, 11) is 3.91. The molecular formula is C36H38F3N3O3. The molecule has 0 heterocycles. The zero-order chi connectivity index (χ0) is 32.4. The summed E-state index contributed by atoms with van der Waals surface area (Å²) in [5.41, 5.74) is 3.12. The fourth-order valence-electron chi connectivity index (χ4n) is 5.07. The molecule has 0 aliphatic rings. The van der Waals surface area contributed by atoms with Gasteiger partial charge in [-0.05, 0) is 79.0 Å². The van der Waals surface area contributed by atoms with Crippen LogP contribution in [-0.4, -0.2) is 50.6 Å². The van der Waals surface area contributed by atoms with Crippen LogP contribution in [0.3, 0.4) is 0 Å². The molecule has 45 heavy (non-hydrogen) atoms. The molecule has 4 rings (SSSR count). The number of amides is 1. The Balaban J connectivity index is 1.35. The number of hydrogen-bond acceptors (Lipinski definition) is 5. The van der Waals surface area contributed by atoms with Gasteiger partial charge in [-0.1, -0.05) is 67.6 Å². The van der Waals surface area contributed by atoms with Crippen LogP contribution in [0.15, 0.2) is 103 Å². The third-order valence-corrected chi connectivity index (χ3v) is 7.49. The Morgan fingerprint density at radius 3 is 2.11 bits per heavy atom. The predicted octanol–water partition coefficient (Wildman–Crippen LogP) is 8.08. The molecule has 0 aromatic heterocycles. The highest BCUT2D eigenvalue weighted by atomic mass is 19.4. The molecule has 236 valence electrons. The molecule has 0 bridgehead atoms. The van der Waals surface area contributed by atoms with Gasteiger partial charge in [0.25, 0.3) is 5.91 Å². The van der Waals surface area contributed by atoms with Crippen molar-refractivity contribution in [3.8, 4) is 11.1 Å². The number of ether oxygens (including phenoxy) is 1. The molecule has 1 amide bonds. The van der Waals surface area contributed by atoms with Gasteiger partial charge in [-0.15, -0.1) is 0 Å². The van der Waals surface area contributed by atoms with E-state index in [1.54, 1.807) is 24.3 Å². The standard InChI is InChI=1S/C36H38F3N3O3/c1-4-25-45-35(44)33(27-11-6-5-7-12-27)42(3)24-10-23-41(2)30-21-19-29(20-22-30)40-34(43)32-14-9-8-13-31(32)26-15-17-28(18-16-26)36(37,38)39/h5-9,11-22,33H,4,10,23-25H2,1-3H3,(H,40,43). The highest BCUT2D eigenvalue weighted by molar-refractivity contribution is 6.08. The van der Waals surface area contributed by atoms with Gasteiger partial charge in [-0.3, -0.25) is 9.69 Å². The Morgan fingerprint density at radius 1 is 0.822 bits per heavy atom. The molecule has 0 aliphatic carbocycles. The summed E-state index contributed by atoms with van der Waals surface area (Å²) in [6.07, 6.45) is -2.86. The summed E-state index contributed by atoms with van der Waals surface area (Å²) in [5.74, 6) is -0.612. The number of rotatable bonds is 13. The van der Waals surface area contributed by atoms with Gasteiger partial charge in [0.2, 0.25) is 0 Å². The number of anilines is 2. The van der Waals surface area contributed by atoms with E-state index in [1.807, 2.05) is 80.5 Å². The minimum absolute atomic E-state index is 0.251. The Bertz CT molecular complexity index is 1540. The van der Waals surface area contributed by atoms with Crippen LogP contribution in [0.1, 0.15) is 47.3 Å². The third kappa shape index (κ3) is 8.95. The van der Waals surface area contributed by atoms with Crippen molar-refractivity contribution >= 4 is 23.3 Å². The molecule has 0 radical (unpaired) electrons. The van der Waals surface area contributed by atoms with E-state index in [-0.39, 0.29) is 11.9 Å². The molecule has 6 nitrogen and oxygen atoms in total. The Hall–Kier alpha value is -4.63. The molecule has 0 saturated carbocycles. The van der Waals surface area contributed by atoms with E-state index in [0.29, 0.717) is 35.5 Å². The second-order valence-electron chi connectivity index (χ2n) is 10.9. The number of hydrogen-bond donors (Lipinski definition) is 1. The van der Waals surface area contributed by atoms with Gasteiger partial charge in [-0.25, -0.2) is 4.79 Å². The Morgan fingerprint density at radius 2 is 1.47 bits per heavy atom. The lowest BCUT2D eigenvalue weighted by molar-refractivity contribution is -0.150. The first-order chi connectivity index (χ1) is 21.6. The summed E-state index contributed by atoms with van der Waals surface area (Å²) in [5, 5.41) is 2.89. The van der Waals surface area contributed by atoms with Gasteiger partial charge in [-0.2, -0.15) is 13.2 Å². The first kappa shape index (κ1) is 33.3. The maximum absolute atomic E-state index is 13.2. The maximum Gasteiger partial charge on any atom is 0.416 e. The molecular weight excluding hydrogens is 579 g/mol. The molecule has 4 aromatic rings. The number of benzene rings is 4.